The number of methoxy groups -OCH3 is 1. The van der Waals surface area contributed by atoms with Crippen molar-refractivity contribution in [2.75, 3.05) is 20.7 Å². The molecule has 1 fully saturated rings. The zero-order valence-corrected chi connectivity index (χ0v) is 12.2. The molecule has 1 aliphatic carbocycles. The first-order valence-electron chi connectivity index (χ1n) is 6.32. The number of hydrogen-bond donors (Lipinski definition) is 1. The molecule has 0 bridgehead atoms. The molecule has 7 heteroatoms. The molecular weight excluding hydrogens is 285 g/mol. The van der Waals surface area contributed by atoms with Crippen molar-refractivity contribution >= 4 is 10.0 Å². The molecule has 1 aromatic carbocycles. The van der Waals surface area contributed by atoms with Crippen molar-refractivity contribution in [2.24, 2.45) is 5.92 Å². The van der Waals surface area contributed by atoms with E-state index in [1.807, 2.05) is 0 Å². The van der Waals surface area contributed by atoms with Gasteiger partial charge in [0.05, 0.1) is 18.1 Å². The number of nitrogens with zero attached hydrogens (tertiary/aromatic N) is 1. The van der Waals surface area contributed by atoms with Crippen LogP contribution in [0.4, 0.5) is 4.39 Å². The van der Waals surface area contributed by atoms with Crippen LogP contribution in [0.1, 0.15) is 12.8 Å². The Kier molecular flexibility index (Phi) is 4.31. The molecule has 0 heterocycles. The summed E-state index contributed by atoms with van der Waals surface area (Å²) in [5.74, 6) is -0.539. The van der Waals surface area contributed by atoms with Gasteiger partial charge in [-0.15, -0.1) is 0 Å². The fourth-order valence-electron chi connectivity index (χ4n) is 2.30. The normalized spacial score (nSPS) is 22.6. The highest BCUT2D eigenvalue weighted by Crippen LogP contribution is 2.29. The molecule has 0 spiro atoms. The Balaban J connectivity index is 2.14. The molecule has 1 aliphatic rings. The summed E-state index contributed by atoms with van der Waals surface area (Å²) < 4.78 is 44.2. The third-order valence-corrected chi connectivity index (χ3v) is 5.38. The van der Waals surface area contributed by atoms with Crippen LogP contribution < -0.4 is 4.74 Å². The van der Waals surface area contributed by atoms with Crippen molar-refractivity contribution in [2.45, 2.75) is 23.8 Å². The van der Waals surface area contributed by atoms with Gasteiger partial charge < -0.3 is 9.84 Å². The predicted molar refractivity (Wildman–Crippen MR) is 71.5 cm³/mol. The minimum atomic E-state index is -3.72. The Bertz CT molecular complexity index is 584. The molecule has 0 aliphatic heterocycles. The molecule has 1 N–H and O–H groups in total. The predicted octanol–water partition coefficient (Wildman–Crippen LogP) is 1.23. The molecule has 0 aromatic heterocycles. The van der Waals surface area contributed by atoms with Gasteiger partial charge in [0.15, 0.2) is 11.6 Å². The lowest BCUT2D eigenvalue weighted by molar-refractivity contribution is 0.0367. The van der Waals surface area contributed by atoms with Crippen LogP contribution in [0, 0.1) is 11.7 Å². The van der Waals surface area contributed by atoms with Crippen LogP contribution in [0.25, 0.3) is 0 Å². The highest BCUT2D eigenvalue weighted by atomic mass is 32.2. The van der Waals surface area contributed by atoms with Crippen molar-refractivity contribution in [1.29, 1.82) is 0 Å². The maximum absolute atomic E-state index is 13.6. The van der Waals surface area contributed by atoms with E-state index in [4.69, 9.17) is 4.74 Å². The average Bonchev–Trinajstić information content (AvgIpc) is 2.36. The quantitative estimate of drug-likeness (QED) is 0.888. The third kappa shape index (κ3) is 2.94. The molecule has 20 heavy (non-hydrogen) atoms. The summed E-state index contributed by atoms with van der Waals surface area (Å²) in [6.45, 7) is 0.326. The number of benzene rings is 1. The van der Waals surface area contributed by atoms with Crippen molar-refractivity contribution in [3.8, 4) is 5.75 Å². The first-order chi connectivity index (χ1) is 9.34. The third-order valence-electron chi connectivity index (χ3n) is 3.56. The van der Waals surface area contributed by atoms with E-state index in [0.717, 1.165) is 6.07 Å². The summed E-state index contributed by atoms with van der Waals surface area (Å²) in [6.07, 6.45) is 0.891. The summed E-state index contributed by atoms with van der Waals surface area (Å²) in [5.41, 5.74) is 0. The lowest BCUT2D eigenvalue weighted by atomic mass is 9.82. The molecule has 2 rings (SSSR count). The minimum absolute atomic E-state index is 0.00807. The van der Waals surface area contributed by atoms with Crippen LogP contribution in [0.2, 0.25) is 0 Å². The summed E-state index contributed by atoms with van der Waals surface area (Å²) in [6, 6.07) is 3.58. The first-order valence-corrected chi connectivity index (χ1v) is 7.76. The highest BCUT2D eigenvalue weighted by Gasteiger charge is 2.31. The molecule has 0 atom stereocenters. The molecule has 0 unspecified atom stereocenters. The lowest BCUT2D eigenvalue weighted by Crippen LogP contribution is -2.39. The molecule has 0 amide bonds. The summed E-state index contributed by atoms with van der Waals surface area (Å²) in [5, 5.41) is 9.21. The van der Waals surface area contributed by atoms with Crippen LogP contribution in [0.5, 0.6) is 5.75 Å². The van der Waals surface area contributed by atoms with E-state index >= 15 is 0 Å². The van der Waals surface area contributed by atoms with Crippen molar-refractivity contribution < 1.29 is 22.7 Å². The number of hydrogen-bond acceptors (Lipinski definition) is 4. The van der Waals surface area contributed by atoms with Gasteiger partial charge in [-0.05, 0) is 37.0 Å². The Morgan fingerprint density at radius 3 is 2.60 bits per heavy atom. The fraction of sp³-hybridized carbons (Fsp3) is 0.538. The highest BCUT2D eigenvalue weighted by molar-refractivity contribution is 7.89. The van der Waals surface area contributed by atoms with Gasteiger partial charge in [-0.25, -0.2) is 17.1 Å². The van der Waals surface area contributed by atoms with Gasteiger partial charge in [-0.3, -0.25) is 0 Å². The maximum Gasteiger partial charge on any atom is 0.242 e. The Morgan fingerprint density at radius 1 is 1.45 bits per heavy atom. The van der Waals surface area contributed by atoms with E-state index in [2.05, 4.69) is 0 Å². The van der Waals surface area contributed by atoms with Gasteiger partial charge in [0.2, 0.25) is 10.0 Å². The van der Waals surface area contributed by atoms with E-state index in [0.29, 0.717) is 19.4 Å². The summed E-state index contributed by atoms with van der Waals surface area (Å²) in [4.78, 5) is -0.0989. The fourth-order valence-corrected chi connectivity index (χ4v) is 3.56. The number of aliphatic hydroxyl groups excluding tert-OH is 1. The monoisotopic (exact) mass is 303 g/mol. The zero-order chi connectivity index (χ0) is 14.9. The van der Waals surface area contributed by atoms with Gasteiger partial charge in [0, 0.05) is 13.6 Å². The van der Waals surface area contributed by atoms with Crippen LogP contribution in [-0.4, -0.2) is 44.6 Å². The maximum atomic E-state index is 13.6. The number of ether oxygens (including phenoxy) is 1. The van der Waals surface area contributed by atoms with Gasteiger partial charge in [0.25, 0.3) is 0 Å². The summed E-state index contributed by atoms with van der Waals surface area (Å²) in [7, 11) is -0.939. The molecule has 1 aromatic rings. The van der Waals surface area contributed by atoms with Crippen LogP contribution in [0.3, 0.4) is 0 Å². The second kappa shape index (κ2) is 5.67. The van der Waals surface area contributed by atoms with Gasteiger partial charge in [-0.1, -0.05) is 0 Å². The van der Waals surface area contributed by atoms with E-state index in [9.17, 15) is 17.9 Å². The molecule has 0 radical (unpaired) electrons. The molecule has 112 valence electrons. The molecule has 5 nitrogen and oxygen atoms in total. The molecule has 0 saturated heterocycles. The van der Waals surface area contributed by atoms with Crippen LogP contribution >= 0.6 is 0 Å². The molecule has 1 saturated carbocycles. The van der Waals surface area contributed by atoms with Crippen LogP contribution in [-0.2, 0) is 10.0 Å². The molecular formula is C13H18FNO4S. The van der Waals surface area contributed by atoms with E-state index in [1.54, 1.807) is 0 Å². The Morgan fingerprint density at radius 2 is 2.10 bits per heavy atom. The van der Waals surface area contributed by atoms with Crippen LogP contribution in [0.15, 0.2) is 23.1 Å². The SMILES string of the molecule is COc1ccc(S(=O)(=O)N(C)CC2CC(O)C2)cc1F. The van der Waals surface area contributed by atoms with Gasteiger partial charge >= 0.3 is 0 Å². The smallest absolute Gasteiger partial charge is 0.242 e. The lowest BCUT2D eigenvalue weighted by Gasteiger charge is -2.34. The Hall–Kier alpha value is -1.18. The number of aliphatic hydroxyl groups is 1. The first kappa shape index (κ1) is 15.2. The second-order valence-corrected chi connectivity index (χ2v) is 7.12. The topological polar surface area (TPSA) is 66.8 Å². The second-order valence-electron chi connectivity index (χ2n) is 5.07. The number of rotatable bonds is 5. The van der Waals surface area contributed by atoms with Gasteiger partial charge in [-0.2, -0.15) is 0 Å². The minimum Gasteiger partial charge on any atom is -0.494 e. The zero-order valence-electron chi connectivity index (χ0n) is 11.4. The van der Waals surface area contributed by atoms with E-state index < -0.39 is 15.8 Å². The average molecular weight is 303 g/mol. The van der Waals surface area contributed by atoms with Gasteiger partial charge in [0.1, 0.15) is 0 Å². The largest absolute Gasteiger partial charge is 0.494 e. The van der Waals surface area contributed by atoms with Crippen molar-refractivity contribution in [3.63, 3.8) is 0 Å². The van der Waals surface area contributed by atoms with E-state index in [-0.39, 0.29) is 22.7 Å². The summed E-state index contributed by atoms with van der Waals surface area (Å²) >= 11 is 0. The number of sulfonamides is 1. The van der Waals surface area contributed by atoms with E-state index in [1.165, 1.54) is 30.6 Å². The Labute approximate surface area is 118 Å². The number of halogens is 1. The van der Waals surface area contributed by atoms with Crippen molar-refractivity contribution in [1.82, 2.24) is 4.31 Å². The standard InChI is InChI=1S/C13H18FNO4S/c1-15(8-9-5-10(16)6-9)20(17,18)11-3-4-13(19-2)12(14)7-11/h3-4,7,9-10,16H,5-6,8H2,1-2H3. The van der Waals surface area contributed by atoms with Crippen molar-refractivity contribution in [3.05, 3.63) is 24.0 Å².